The SMILES string of the molecule is CCc1ccsc1C(=O)c1ccc(OC(C)C)cc1. The number of ether oxygens (including phenoxy) is 1. The normalized spacial score (nSPS) is 10.7. The van der Waals surface area contributed by atoms with Crippen molar-refractivity contribution >= 4 is 17.1 Å². The predicted molar refractivity (Wildman–Crippen MR) is 79.3 cm³/mol. The van der Waals surface area contributed by atoms with Gasteiger partial charge >= 0.3 is 0 Å². The maximum atomic E-state index is 12.4. The van der Waals surface area contributed by atoms with Crippen LogP contribution in [0.5, 0.6) is 5.75 Å². The average molecular weight is 274 g/mol. The van der Waals surface area contributed by atoms with E-state index in [9.17, 15) is 4.79 Å². The van der Waals surface area contributed by atoms with Crippen molar-refractivity contribution in [2.24, 2.45) is 0 Å². The highest BCUT2D eigenvalue weighted by Crippen LogP contribution is 2.22. The molecule has 100 valence electrons. The van der Waals surface area contributed by atoms with Crippen molar-refractivity contribution in [3.8, 4) is 5.75 Å². The van der Waals surface area contributed by atoms with Crippen molar-refractivity contribution in [2.45, 2.75) is 33.3 Å². The fourth-order valence-corrected chi connectivity index (χ4v) is 2.86. The second-order valence-corrected chi connectivity index (χ2v) is 5.56. The molecule has 0 bridgehead atoms. The number of benzene rings is 1. The van der Waals surface area contributed by atoms with Crippen LogP contribution in [0.25, 0.3) is 0 Å². The molecule has 3 heteroatoms. The number of carbonyl (C=O) groups excluding carboxylic acids is 1. The van der Waals surface area contributed by atoms with Gasteiger partial charge in [0.15, 0.2) is 0 Å². The summed E-state index contributed by atoms with van der Waals surface area (Å²) in [5, 5.41) is 1.97. The molecule has 1 aromatic heterocycles. The number of carbonyl (C=O) groups is 1. The van der Waals surface area contributed by atoms with Crippen LogP contribution < -0.4 is 4.74 Å². The van der Waals surface area contributed by atoms with E-state index < -0.39 is 0 Å². The summed E-state index contributed by atoms with van der Waals surface area (Å²) in [4.78, 5) is 13.2. The van der Waals surface area contributed by atoms with E-state index in [0.717, 1.165) is 22.6 Å². The lowest BCUT2D eigenvalue weighted by Crippen LogP contribution is -2.06. The first-order valence-corrected chi connectivity index (χ1v) is 7.37. The Kier molecular flexibility index (Phi) is 4.38. The van der Waals surface area contributed by atoms with Crippen molar-refractivity contribution in [3.05, 3.63) is 51.7 Å². The van der Waals surface area contributed by atoms with Gasteiger partial charge in [0.25, 0.3) is 0 Å². The molecule has 0 aliphatic heterocycles. The monoisotopic (exact) mass is 274 g/mol. The molecule has 1 aromatic carbocycles. The maximum absolute atomic E-state index is 12.4. The Morgan fingerprint density at radius 1 is 1.21 bits per heavy atom. The Morgan fingerprint density at radius 3 is 2.47 bits per heavy atom. The molecule has 0 N–H and O–H groups in total. The summed E-state index contributed by atoms with van der Waals surface area (Å²) in [6.45, 7) is 6.04. The van der Waals surface area contributed by atoms with Crippen molar-refractivity contribution < 1.29 is 9.53 Å². The molecule has 0 atom stereocenters. The molecule has 0 unspecified atom stereocenters. The van der Waals surface area contributed by atoms with Gasteiger partial charge < -0.3 is 4.74 Å². The van der Waals surface area contributed by atoms with Crippen LogP contribution in [0.3, 0.4) is 0 Å². The van der Waals surface area contributed by atoms with E-state index in [1.54, 1.807) is 0 Å². The minimum Gasteiger partial charge on any atom is -0.491 e. The lowest BCUT2D eigenvalue weighted by atomic mass is 10.1. The molecule has 2 rings (SSSR count). The minimum absolute atomic E-state index is 0.1000. The topological polar surface area (TPSA) is 26.3 Å². The Morgan fingerprint density at radius 2 is 1.89 bits per heavy atom. The van der Waals surface area contributed by atoms with Crippen molar-refractivity contribution in [1.29, 1.82) is 0 Å². The number of rotatable bonds is 5. The van der Waals surface area contributed by atoms with E-state index in [4.69, 9.17) is 4.74 Å². The molecular formula is C16H18O2S. The van der Waals surface area contributed by atoms with Gasteiger partial charge in [0, 0.05) is 5.56 Å². The first-order chi connectivity index (χ1) is 9.11. The predicted octanol–water partition coefficient (Wildman–Crippen LogP) is 4.33. The third kappa shape index (κ3) is 3.24. The van der Waals surface area contributed by atoms with Gasteiger partial charge in [0.2, 0.25) is 5.78 Å². The number of thiophene rings is 1. The van der Waals surface area contributed by atoms with Crippen molar-refractivity contribution in [3.63, 3.8) is 0 Å². The average Bonchev–Trinajstić information content (AvgIpc) is 2.86. The van der Waals surface area contributed by atoms with E-state index in [2.05, 4.69) is 6.92 Å². The zero-order valence-electron chi connectivity index (χ0n) is 11.5. The third-order valence-electron chi connectivity index (χ3n) is 2.82. The largest absolute Gasteiger partial charge is 0.491 e. The fraction of sp³-hybridized carbons (Fsp3) is 0.312. The Hall–Kier alpha value is -1.61. The van der Waals surface area contributed by atoms with Crippen LogP contribution in [0.15, 0.2) is 35.7 Å². The van der Waals surface area contributed by atoms with Gasteiger partial charge in [-0.2, -0.15) is 0 Å². The fourth-order valence-electron chi connectivity index (χ4n) is 1.90. The molecule has 0 aliphatic rings. The highest BCUT2D eigenvalue weighted by Gasteiger charge is 2.14. The molecule has 0 spiro atoms. The quantitative estimate of drug-likeness (QED) is 0.759. The standard InChI is InChI=1S/C16H18O2S/c1-4-12-9-10-19-16(12)15(17)13-5-7-14(8-6-13)18-11(2)3/h5-11H,4H2,1-3H3. The molecule has 0 saturated carbocycles. The molecule has 2 aromatic rings. The smallest absolute Gasteiger partial charge is 0.203 e. The second kappa shape index (κ2) is 6.02. The molecule has 0 saturated heterocycles. The summed E-state index contributed by atoms with van der Waals surface area (Å²) in [7, 11) is 0. The number of ketones is 1. The lowest BCUT2D eigenvalue weighted by Gasteiger charge is -2.09. The molecule has 0 fully saturated rings. The van der Waals surface area contributed by atoms with Crippen LogP contribution in [-0.2, 0) is 6.42 Å². The number of hydrogen-bond donors (Lipinski definition) is 0. The first kappa shape index (κ1) is 13.8. The number of aryl methyl sites for hydroxylation is 1. The molecule has 0 amide bonds. The van der Waals surface area contributed by atoms with Gasteiger partial charge in [-0.1, -0.05) is 6.92 Å². The lowest BCUT2D eigenvalue weighted by molar-refractivity contribution is 0.104. The highest BCUT2D eigenvalue weighted by atomic mass is 32.1. The Bertz CT molecular complexity index is 552. The van der Waals surface area contributed by atoms with Gasteiger partial charge in [0.05, 0.1) is 11.0 Å². The van der Waals surface area contributed by atoms with E-state index in [1.807, 2.05) is 49.6 Å². The Labute approximate surface area is 118 Å². The van der Waals surface area contributed by atoms with Gasteiger partial charge in [-0.3, -0.25) is 4.79 Å². The summed E-state index contributed by atoms with van der Waals surface area (Å²) in [5.74, 6) is 0.899. The van der Waals surface area contributed by atoms with Crippen molar-refractivity contribution in [2.75, 3.05) is 0 Å². The van der Waals surface area contributed by atoms with E-state index in [1.165, 1.54) is 11.3 Å². The van der Waals surface area contributed by atoms with Crippen LogP contribution in [0.2, 0.25) is 0 Å². The van der Waals surface area contributed by atoms with E-state index >= 15 is 0 Å². The van der Waals surface area contributed by atoms with Gasteiger partial charge in [-0.15, -0.1) is 11.3 Å². The zero-order chi connectivity index (χ0) is 13.8. The zero-order valence-corrected chi connectivity index (χ0v) is 12.3. The highest BCUT2D eigenvalue weighted by molar-refractivity contribution is 7.12. The van der Waals surface area contributed by atoms with E-state index in [-0.39, 0.29) is 11.9 Å². The van der Waals surface area contributed by atoms with Crippen LogP contribution in [0.4, 0.5) is 0 Å². The van der Waals surface area contributed by atoms with Crippen molar-refractivity contribution in [1.82, 2.24) is 0 Å². The summed E-state index contributed by atoms with van der Waals surface area (Å²) in [5.41, 5.74) is 1.84. The first-order valence-electron chi connectivity index (χ1n) is 6.49. The van der Waals surface area contributed by atoms with E-state index in [0.29, 0.717) is 5.56 Å². The Balaban J connectivity index is 2.20. The van der Waals surface area contributed by atoms with Crippen LogP contribution in [0.1, 0.15) is 41.6 Å². The van der Waals surface area contributed by atoms with Crippen LogP contribution >= 0.6 is 11.3 Å². The maximum Gasteiger partial charge on any atom is 0.203 e. The minimum atomic E-state index is 0.1000. The molecule has 1 heterocycles. The molecule has 0 aliphatic carbocycles. The second-order valence-electron chi connectivity index (χ2n) is 4.65. The van der Waals surface area contributed by atoms with Gasteiger partial charge in [-0.05, 0) is 61.5 Å². The summed E-state index contributed by atoms with van der Waals surface area (Å²) >= 11 is 1.51. The third-order valence-corrected chi connectivity index (χ3v) is 3.78. The molecular weight excluding hydrogens is 256 g/mol. The molecule has 0 radical (unpaired) electrons. The number of hydrogen-bond acceptors (Lipinski definition) is 3. The van der Waals surface area contributed by atoms with Gasteiger partial charge in [-0.25, -0.2) is 0 Å². The summed E-state index contributed by atoms with van der Waals surface area (Å²) < 4.78 is 5.58. The summed E-state index contributed by atoms with van der Waals surface area (Å²) in [6.07, 6.45) is 1.03. The van der Waals surface area contributed by atoms with Crippen LogP contribution in [-0.4, -0.2) is 11.9 Å². The van der Waals surface area contributed by atoms with Gasteiger partial charge in [0.1, 0.15) is 5.75 Å². The summed E-state index contributed by atoms with van der Waals surface area (Å²) in [6, 6.07) is 9.39. The molecule has 2 nitrogen and oxygen atoms in total. The molecule has 19 heavy (non-hydrogen) atoms. The van der Waals surface area contributed by atoms with Crippen LogP contribution in [0, 0.1) is 0 Å².